The highest BCUT2D eigenvalue weighted by Crippen LogP contribution is 2.32. The SMILES string of the molecule is CC(C)C=NC(C)(C)CN1C(C(C)C)OCC1(C)C. The van der Waals surface area contributed by atoms with Gasteiger partial charge in [0, 0.05) is 18.3 Å². The molecule has 0 aromatic rings. The molecule has 0 N–H and O–H groups in total. The van der Waals surface area contributed by atoms with Gasteiger partial charge in [-0.05, 0) is 39.5 Å². The number of aliphatic imine (C=N–C) groups is 1. The van der Waals surface area contributed by atoms with Gasteiger partial charge in [0.25, 0.3) is 0 Å². The van der Waals surface area contributed by atoms with Crippen LogP contribution in [0.15, 0.2) is 4.99 Å². The van der Waals surface area contributed by atoms with Crippen LogP contribution in [0.4, 0.5) is 0 Å². The number of rotatable bonds is 5. The third-order valence-corrected chi connectivity index (χ3v) is 3.54. The van der Waals surface area contributed by atoms with Crippen molar-refractivity contribution in [2.45, 2.75) is 72.7 Å². The Morgan fingerprint density at radius 3 is 2.37 bits per heavy atom. The molecule has 3 heteroatoms. The van der Waals surface area contributed by atoms with Crippen LogP contribution in [-0.2, 0) is 4.74 Å². The Hall–Kier alpha value is -0.410. The lowest BCUT2D eigenvalue weighted by atomic mass is 9.98. The van der Waals surface area contributed by atoms with E-state index < -0.39 is 0 Å². The van der Waals surface area contributed by atoms with Crippen LogP contribution in [0.25, 0.3) is 0 Å². The van der Waals surface area contributed by atoms with Crippen molar-refractivity contribution < 1.29 is 4.74 Å². The summed E-state index contributed by atoms with van der Waals surface area (Å²) in [6, 6.07) is 0. The summed E-state index contributed by atoms with van der Waals surface area (Å²) in [6.07, 6.45) is 2.28. The molecule has 1 aliphatic heterocycles. The van der Waals surface area contributed by atoms with Crippen LogP contribution in [0, 0.1) is 11.8 Å². The van der Waals surface area contributed by atoms with Crippen molar-refractivity contribution in [1.29, 1.82) is 0 Å². The fourth-order valence-corrected chi connectivity index (χ4v) is 2.47. The molecule has 112 valence electrons. The van der Waals surface area contributed by atoms with E-state index in [1.54, 1.807) is 0 Å². The molecule has 1 unspecified atom stereocenters. The lowest BCUT2D eigenvalue weighted by Crippen LogP contribution is -2.51. The average Bonchev–Trinajstić information content (AvgIpc) is 2.52. The Morgan fingerprint density at radius 1 is 1.32 bits per heavy atom. The van der Waals surface area contributed by atoms with Crippen molar-refractivity contribution in [3.63, 3.8) is 0 Å². The molecule has 19 heavy (non-hydrogen) atoms. The van der Waals surface area contributed by atoms with Crippen molar-refractivity contribution in [2.24, 2.45) is 16.8 Å². The van der Waals surface area contributed by atoms with E-state index in [9.17, 15) is 0 Å². The van der Waals surface area contributed by atoms with Gasteiger partial charge in [0.2, 0.25) is 0 Å². The second-order valence-electron chi connectivity index (χ2n) is 7.72. The molecular formula is C16H32N2O. The van der Waals surface area contributed by atoms with Crippen molar-refractivity contribution in [3.05, 3.63) is 0 Å². The van der Waals surface area contributed by atoms with Crippen LogP contribution < -0.4 is 0 Å². The van der Waals surface area contributed by atoms with Gasteiger partial charge in [-0.2, -0.15) is 0 Å². The second-order valence-corrected chi connectivity index (χ2v) is 7.72. The minimum atomic E-state index is -0.0671. The van der Waals surface area contributed by atoms with E-state index in [-0.39, 0.29) is 17.3 Å². The summed E-state index contributed by atoms with van der Waals surface area (Å²) >= 11 is 0. The molecule has 0 bridgehead atoms. The monoisotopic (exact) mass is 268 g/mol. The normalized spacial score (nSPS) is 25.1. The van der Waals surface area contributed by atoms with Gasteiger partial charge in [0.1, 0.15) is 6.23 Å². The van der Waals surface area contributed by atoms with E-state index in [1.807, 2.05) is 0 Å². The van der Waals surface area contributed by atoms with E-state index in [0.717, 1.165) is 13.2 Å². The molecular weight excluding hydrogens is 236 g/mol. The molecule has 0 radical (unpaired) electrons. The van der Waals surface area contributed by atoms with E-state index in [1.165, 1.54) is 0 Å². The zero-order valence-electron chi connectivity index (χ0n) is 14.0. The van der Waals surface area contributed by atoms with Gasteiger partial charge in [0.15, 0.2) is 0 Å². The molecule has 1 fully saturated rings. The van der Waals surface area contributed by atoms with Crippen molar-refractivity contribution in [3.8, 4) is 0 Å². The zero-order chi connectivity index (χ0) is 14.8. The van der Waals surface area contributed by atoms with Crippen LogP contribution in [0.1, 0.15) is 55.4 Å². The summed E-state index contributed by atoms with van der Waals surface area (Å²) in [5.74, 6) is 1.01. The first-order valence-electron chi connectivity index (χ1n) is 7.49. The van der Waals surface area contributed by atoms with Crippen LogP contribution in [0.3, 0.4) is 0 Å². The Morgan fingerprint density at radius 2 is 1.89 bits per heavy atom. The molecule has 1 heterocycles. The first-order chi connectivity index (χ1) is 8.55. The Balaban J connectivity index is 2.81. The van der Waals surface area contributed by atoms with Crippen molar-refractivity contribution in [1.82, 2.24) is 4.90 Å². The summed E-state index contributed by atoms with van der Waals surface area (Å²) < 4.78 is 5.99. The smallest absolute Gasteiger partial charge is 0.113 e. The Labute approximate surface area is 119 Å². The molecule has 1 aliphatic rings. The van der Waals surface area contributed by atoms with Crippen LogP contribution in [0.5, 0.6) is 0 Å². The molecule has 0 spiro atoms. The predicted octanol–water partition coefficient (Wildman–Crippen LogP) is 3.58. The summed E-state index contributed by atoms with van der Waals surface area (Å²) in [5, 5.41) is 0. The summed E-state index contributed by atoms with van der Waals surface area (Å²) in [5.41, 5.74) is 0.0297. The average molecular weight is 268 g/mol. The number of hydrogen-bond donors (Lipinski definition) is 0. The van der Waals surface area contributed by atoms with E-state index in [0.29, 0.717) is 11.8 Å². The maximum absolute atomic E-state index is 5.99. The predicted molar refractivity (Wildman–Crippen MR) is 82.8 cm³/mol. The first-order valence-corrected chi connectivity index (χ1v) is 7.49. The lowest BCUT2D eigenvalue weighted by Gasteiger charge is -2.39. The zero-order valence-corrected chi connectivity index (χ0v) is 14.0. The Kier molecular flexibility index (Phi) is 5.19. The summed E-state index contributed by atoms with van der Waals surface area (Å²) in [4.78, 5) is 7.24. The molecule has 1 atom stereocenters. The van der Waals surface area contributed by atoms with Gasteiger partial charge in [-0.3, -0.25) is 9.89 Å². The highest BCUT2D eigenvalue weighted by atomic mass is 16.5. The van der Waals surface area contributed by atoms with Crippen LogP contribution in [-0.4, -0.2) is 41.6 Å². The third kappa shape index (κ3) is 4.57. The highest BCUT2D eigenvalue weighted by molar-refractivity contribution is 5.60. The fourth-order valence-electron chi connectivity index (χ4n) is 2.47. The summed E-state index contributed by atoms with van der Waals surface area (Å²) in [7, 11) is 0. The van der Waals surface area contributed by atoms with Gasteiger partial charge in [0.05, 0.1) is 12.1 Å². The number of ether oxygens (including phenoxy) is 1. The molecule has 1 saturated heterocycles. The topological polar surface area (TPSA) is 24.8 Å². The van der Waals surface area contributed by atoms with E-state index in [2.05, 4.69) is 66.5 Å². The van der Waals surface area contributed by atoms with Gasteiger partial charge < -0.3 is 4.74 Å². The second kappa shape index (κ2) is 5.92. The molecule has 3 nitrogen and oxygen atoms in total. The molecule has 0 aromatic heterocycles. The maximum Gasteiger partial charge on any atom is 0.113 e. The van der Waals surface area contributed by atoms with Gasteiger partial charge in [-0.25, -0.2) is 0 Å². The van der Waals surface area contributed by atoms with Crippen molar-refractivity contribution >= 4 is 6.21 Å². The molecule has 0 aliphatic carbocycles. The maximum atomic E-state index is 5.99. The molecule has 0 amide bonds. The van der Waals surface area contributed by atoms with Crippen LogP contribution >= 0.6 is 0 Å². The molecule has 0 aromatic carbocycles. The lowest BCUT2D eigenvalue weighted by molar-refractivity contribution is -0.0179. The number of hydrogen-bond acceptors (Lipinski definition) is 3. The van der Waals surface area contributed by atoms with Crippen molar-refractivity contribution in [2.75, 3.05) is 13.2 Å². The fraction of sp³-hybridized carbons (Fsp3) is 0.938. The quantitative estimate of drug-likeness (QED) is 0.712. The van der Waals surface area contributed by atoms with Crippen LogP contribution in [0.2, 0.25) is 0 Å². The standard InChI is InChI=1S/C16H32N2O/c1-12(2)9-17-15(5,6)10-18-14(13(3)4)19-11-16(18,7)8/h9,12-14H,10-11H2,1-8H3. The largest absolute Gasteiger partial charge is 0.361 e. The van der Waals surface area contributed by atoms with Gasteiger partial charge >= 0.3 is 0 Å². The minimum absolute atomic E-state index is 0.0671. The third-order valence-electron chi connectivity index (χ3n) is 3.54. The first kappa shape index (κ1) is 16.6. The summed E-state index contributed by atoms with van der Waals surface area (Å²) in [6.45, 7) is 19.5. The molecule has 1 rings (SSSR count). The molecule has 0 saturated carbocycles. The van der Waals surface area contributed by atoms with E-state index in [4.69, 9.17) is 9.73 Å². The number of nitrogens with zero attached hydrogens (tertiary/aromatic N) is 2. The highest BCUT2D eigenvalue weighted by Gasteiger charge is 2.43. The Bertz CT molecular complexity index is 319. The van der Waals surface area contributed by atoms with E-state index >= 15 is 0 Å². The minimum Gasteiger partial charge on any atom is -0.361 e. The van der Waals surface area contributed by atoms with Gasteiger partial charge in [-0.1, -0.05) is 27.7 Å². The van der Waals surface area contributed by atoms with Gasteiger partial charge in [-0.15, -0.1) is 0 Å².